The molecule has 1 aliphatic heterocycles. The Kier molecular flexibility index (Phi) is 4.47. The van der Waals surface area contributed by atoms with Crippen LogP contribution in [0, 0.1) is 0 Å². The zero-order valence-corrected chi connectivity index (χ0v) is 13.7. The summed E-state index contributed by atoms with van der Waals surface area (Å²) in [6.07, 6.45) is 0.368. The molecule has 2 aromatic heterocycles. The lowest BCUT2D eigenvalue weighted by atomic mass is 9.96. The van der Waals surface area contributed by atoms with Crippen molar-refractivity contribution in [2.45, 2.75) is 44.8 Å². The molecule has 3 heterocycles. The average molecular weight is 339 g/mol. The average Bonchev–Trinajstić information content (AvgIpc) is 3.04. The summed E-state index contributed by atoms with van der Waals surface area (Å²) in [6.45, 7) is 5.48. The standard InChI is InChI=1S/C16H20F3N5/c1-11(2)24-10-21-22-15(24)12-4-3-7-23(9-12)13-5-6-20-14(8-13)16(17,18)19/h5-6,8,10-12H,3-4,7,9H2,1-2H3. The summed E-state index contributed by atoms with van der Waals surface area (Å²) in [7, 11) is 0. The van der Waals surface area contributed by atoms with Crippen LogP contribution in [0.1, 0.15) is 50.2 Å². The summed E-state index contributed by atoms with van der Waals surface area (Å²) < 4.78 is 40.7. The fourth-order valence-electron chi connectivity index (χ4n) is 3.14. The number of anilines is 1. The van der Waals surface area contributed by atoms with E-state index >= 15 is 0 Å². The summed E-state index contributed by atoms with van der Waals surface area (Å²) in [6, 6.07) is 3.00. The molecule has 0 aliphatic carbocycles. The Bertz CT molecular complexity index is 695. The van der Waals surface area contributed by atoms with Gasteiger partial charge in [0.1, 0.15) is 17.8 Å². The molecule has 0 aromatic carbocycles. The first kappa shape index (κ1) is 16.7. The quantitative estimate of drug-likeness (QED) is 0.856. The highest BCUT2D eigenvalue weighted by atomic mass is 19.4. The predicted molar refractivity (Wildman–Crippen MR) is 83.8 cm³/mol. The van der Waals surface area contributed by atoms with Gasteiger partial charge in [0.25, 0.3) is 0 Å². The van der Waals surface area contributed by atoms with Crippen LogP contribution in [-0.4, -0.2) is 32.8 Å². The highest BCUT2D eigenvalue weighted by Gasteiger charge is 2.33. The van der Waals surface area contributed by atoms with Crippen molar-refractivity contribution in [3.63, 3.8) is 0 Å². The smallest absolute Gasteiger partial charge is 0.371 e. The van der Waals surface area contributed by atoms with Crippen molar-refractivity contribution in [2.24, 2.45) is 0 Å². The third-order valence-electron chi connectivity index (χ3n) is 4.34. The fraction of sp³-hybridized carbons (Fsp3) is 0.562. The number of piperidine rings is 1. The second kappa shape index (κ2) is 6.41. The molecule has 5 nitrogen and oxygen atoms in total. The van der Waals surface area contributed by atoms with E-state index in [1.165, 1.54) is 6.20 Å². The molecule has 0 amide bonds. The number of nitrogens with zero attached hydrogens (tertiary/aromatic N) is 5. The summed E-state index contributed by atoms with van der Waals surface area (Å²) >= 11 is 0. The molecule has 0 N–H and O–H groups in total. The van der Waals surface area contributed by atoms with Crippen molar-refractivity contribution in [1.82, 2.24) is 19.7 Å². The van der Waals surface area contributed by atoms with E-state index in [0.29, 0.717) is 12.2 Å². The maximum absolute atomic E-state index is 12.9. The Morgan fingerprint density at radius 3 is 2.79 bits per heavy atom. The number of halogens is 3. The van der Waals surface area contributed by atoms with Crippen LogP contribution in [-0.2, 0) is 6.18 Å². The van der Waals surface area contributed by atoms with Gasteiger partial charge in [-0.05, 0) is 38.8 Å². The van der Waals surface area contributed by atoms with E-state index in [9.17, 15) is 13.2 Å². The minimum Gasteiger partial charge on any atom is -0.371 e. The van der Waals surface area contributed by atoms with Gasteiger partial charge in [0.15, 0.2) is 0 Å². The monoisotopic (exact) mass is 339 g/mol. The van der Waals surface area contributed by atoms with Crippen molar-refractivity contribution in [1.29, 1.82) is 0 Å². The van der Waals surface area contributed by atoms with Gasteiger partial charge in [-0.2, -0.15) is 13.2 Å². The van der Waals surface area contributed by atoms with E-state index in [4.69, 9.17) is 0 Å². The number of hydrogen-bond donors (Lipinski definition) is 0. The van der Waals surface area contributed by atoms with Gasteiger partial charge in [0.05, 0.1) is 0 Å². The minimum absolute atomic E-state index is 0.158. The maximum atomic E-state index is 12.9. The molecule has 1 aliphatic rings. The molecule has 1 saturated heterocycles. The highest BCUT2D eigenvalue weighted by molar-refractivity contribution is 5.48. The molecule has 0 saturated carbocycles. The third-order valence-corrected chi connectivity index (χ3v) is 4.34. The van der Waals surface area contributed by atoms with Crippen LogP contribution in [0.2, 0.25) is 0 Å². The van der Waals surface area contributed by atoms with Crippen LogP contribution in [0.4, 0.5) is 18.9 Å². The Labute approximate surface area is 138 Å². The summed E-state index contributed by atoms with van der Waals surface area (Å²) in [5, 5.41) is 8.24. The van der Waals surface area contributed by atoms with Gasteiger partial charge in [0.2, 0.25) is 0 Å². The molecule has 0 spiro atoms. The molecule has 2 aromatic rings. The van der Waals surface area contributed by atoms with E-state index < -0.39 is 11.9 Å². The molecule has 8 heteroatoms. The molecule has 24 heavy (non-hydrogen) atoms. The van der Waals surface area contributed by atoms with Crippen LogP contribution in [0.15, 0.2) is 24.7 Å². The molecule has 1 unspecified atom stereocenters. The number of rotatable bonds is 3. The van der Waals surface area contributed by atoms with Crippen LogP contribution in [0.25, 0.3) is 0 Å². The Balaban J connectivity index is 1.82. The van der Waals surface area contributed by atoms with Crippen LogP contribution < -0.4 is 4.90 Å². The molecule has 0 radical (unpaired) electrons. The SMILES string of the molecule is CC(C)n1cnnc1C1CCCN(c2ccnc(C(F)(F)F)c2)C1. The number of alkyl halides is 3. The number of pyridine rings is 1. The van der Waals surface area contributed by atoms with Gasteiger partial charge >= 0.3 is 6.18 Å². The van der Waals surface area contributed by atoms with Crippen molar-refractivity contribution >= 4 is 5.69 Å². The zero-order chi connectivity index (χ0) is 17.3. The molecule has 0 bridgehead atoms. The van der Waals surface area contributed by atoms with Gasteiger partial charge in [-0.3, -0.25) is 4.98 Å². The normalized spacial score (nSPS) is 19.1. The van der Waals surface area contributed by atoms with E-state index in [1.54, 1.807) is 12.4 Å². The Morgan fingerprint density at radius 1 is 1.29 bits per heavy atom. The molecule has 1 atom stereocenters. The van der Waals surface area contributed by atoms with E-state index in [-0.39, 0.29) is 12.0 Å². The van der Waals surface area contributed by atoms with Gasteiger partial charge in [0, 0.05) is 36.9 Å². The number of aromatic nitrogens is 4. The molecule has 130 valence electrons. The molecule has 3 rings (SSSR count). The Hall–Kier alpha value is -2.12. The first-order valence-corrected chi connectivity index (χ1v) is 8.04. The first-order valence-electron chi connectivity index (χ1n) is 8.04. The second-order valence-corrected chi connectivity index (χ2v) is 6.37. The second-order valence-electron chi connectivity index (χ2n) is 6.37. The lowest BCUT2D eigenvalue weighted by Crippen LogP contribution is -2.35. The van der Waals surface area contributed by atoms with Crippen LogP contribution >= 0.6 is 0 Å². The molecular formula is C16H20F3N5. The van der Waals surface area contributed by atoms with E-state index in [0.717, 1.165) is 31.3 Å². The summed E-state index contributed by atoms with van der Waals surface area (Å²) in [5.74, 6) is 1.06. The molecule has 1 fully saturated rings. The van der Waals surface area contributed by atoms with Crippen molar-refractivity contribution < 1.29 is 13.2 Å². The van der Waals surface area contributed by atoms with Crippen LogP contribution in [0.3, 0.4) is 0 Å². The van der Waals surface area contributed by atoms with Gasteiger partial charge in [-0.15, -0.1) is 10.2 Å². The van der Waals surface area contributed by atoms with Crippen LogP contribution in [0.5, 0.6) is 0 Å². The van der Waals surface area contributed by atoms with Crippen molar-refractivity contribution in [3.05, 3.63) is 36.2 Å². The van der Waals surface area contributed by atoms with E-state index in [1.807, 2.05) is 9.47 Å². The lowest BCUT2D eigenvalue weighted by Gasteiger charge is -2.34. The first-order chi connectivity index (χ1) is 11.4. The largest absolute Gasteiger partial charge is 0.433 e. The topological polar surface area (TPSA) is 46.8 Å². The van der Waals surface area contributed by atoms with Crippen molar-refractivity contribution in [3.8, 4) is 0 Å². The Morgan fingerprint density at radius 2 is 2.08 bits per heavy atom. The third kappa shape index (κ3) is 3.37. The summed E-state index contributed by atoms with van der Waals surface area (Å²) in [5.41, 5.74) is -0.301. The maximum Gasteiger partial charge on any atom is 0.433 e. The van der Waals surface area contributed by atoms with E-state index in [2.05, 4.69) is 29.0 Å². The predicted octanol–water partition coefficient (Wildman–Crippen LogP) is 3.66. The molecular weight excluding hydrogens is 319 g/mol. The van der Waals surface area contributed by atoms with Crippen molar-refractivity contribution in [2.75, 3.05) is 18.0 Å². The van der Waals surface area contributed by atoms with Gasteiger partial charge in [-0.1, -0.05) is 0 Å². The summed E-state index contributed by atoms with van der Waals surface area (Å²) in [4.78, 5) is 5.41. The minimum atomic E-state index is -4.43. The number of hydrogen-bond acceptors (Lipinski definition) is 4. The van der Waals surface area contributed by atoms with Gasteiger partial charge in [-0.25, -0.2) is 0 Å². The lowest BCUT2D eigenvalue weighted by molar-refractivity contribution is -0.141. The zero-order valence-electron chi connectivity index (χ0n) is 13.7. The highest BCUT2D eigenvalue weighted by Crippen LogP contribution is 2.33. The fourth-order valence-corrected chi connectivity index (χ4v) is 3.14. The van der Waals surface area contributed by atoms with Gasteiger partial charge < -0.3 is 9.47 Å².